The molecule has 30 heavy (non-hydrogen) atoms. The third kappa shape index (κ3) is 4.79. The number of hydrogen-bond donors (Lipinski definition) is 1. The van der Waals surface area contributed by atoms with Gasteiger partial charge in [0.05, 0.1) is 5.69 Å². The molecule has 2 aromatic heterocycles. The summed E-state index contributed by atoms with van der Waals surface area (Å²) in [5.41, 5.74) is 2.48. The third-order valence-electron chi connectivity index (χ3n) is 5.47. The molecule has 1 saturated heterocycles. The number of halogens is 1. The fourth-order valence-electron chi connectivity index (χ4n) is 4.04. The number of hydrogen-bond acceptors (Lipinski definition) is 4. The van der Waals surface area contributed by atoms with Crippen molar-refractivity contribution < 1.29 is 13.6 Å². The lowest BCUT2D eigenvalue weighted by Gasteiger charge is -2.32. The molecule has 3 aromatic rings. The van der Waals surface area contributed by atoms with Crippen LogP contribution < -0.4 is 5.32 Å². The number of aryl methyl sites for hydroxylation is 1. The molecule has 0 bridgehead atoms. The average molecular weight is 410 g/mol. The van der Waals surface area contributed by atoms with Crippen LogP contribution in [-0.2, 0) is 11.3 Å². The molecule has 1 aromatic carbocycles. The highest BCUT2D eigenvalue weighted by Gasteiger charge is 2.23. The lowest BCUT2D eigenvalue weighted by atomic mass is 9.97. The standard InChI is InChI=1S/C23H27FN4O2/c1-16-8-9-22(30-16)23-19(15-28(26-23)21-7-3-6-20(24)11-21)14-27-10-4-5-18(13-27)12-25-17(2)29/h3,6-9,11,15,18H,4-5,10,12-14H2,1-2H3,(H,25,29)/t18-/m0/s1. The fourth-order valence-corrected chi connectivity index (χ4v) is 4.04. The Morgan fingerprint density at radius 2 is 2.20 bits per heavy atom. The summed E-state index contributed by atoms with van der Waals surface area (Å²) in [5, 5.41) is 7.66. The van der Waals surface area contributed by atoms with Gasteiger partial charge in [0, 0.05) is 38.3 Å². The summed E-state index contributed by atoms with van der Waals surface area (Å²) in [6.45, 7) is 6.81. The number of carbonyl (C=O) groups excluding carboxylic acids is 1. The van der Waals surface area contributed by atoms with Crippen LogP contribution in [0.2, 0.25) is 0 Å². The highest BCUT2D eigenvalue weighted by molar-refractivity contribution is 5.72. The molecule has 0 radical (unpaired) electrons. The minimum absolute atomic E-state index is 0.0129. The van der Waals surface area contributed by atoms with Gasteiger partial charge in [-0.15, -0.1) is 0 Å². The Kier molecular flexibility index (Phi) is 5.99. The summed E-state index contributed by atoms with van der Waals surface area (Å²) in [4.78, 5) is 13.6. The van der Waals surface area contributed by atoms with Gasteiger partial charge in [0.15, 0.2) is 5.76 Å². The molecule has 6 nitrogen and oxygen atoms in total. The van der Waals surface area contributed by atoms with Crippen LogP contribution in [0.5, 0.6) is 0 Å². The van der Waals surface area contributed by atoms with Gasteiger partial charge < -0.3 is 9.73 Å². The zero-order chi connectivity index (χ0) is 21.1. The molecular formula is C23H27FN4O2. The van der Waals surface area contributed by atoms with Gasteiger partial charge in [-0.1, -0.05) is 6.07 Å². The first-order chi connectivity index (χ1) is 14.5. The van der Waals surface area contributed by atoms with Crippen molar-refractivity contribution in [3.63, 3.8) is 0 Å². The fraction of sp³-hybridized carbons (Fsp3) is 0.391. The van der Waals surface area contributed by atoms with E-state index in [4.69, 9.17) is 9.52 Å². The van der Waals surface area contributed by atoms with Crippen molar-refractivity contribution in [3.05, 3.63) is 59.7 Å². The summed E-state index contributed by atoms with van der Waals surface area (Å²) < 4.78 is 21.3. The average Bonchev–Trinajstić information content (AvgIpc) is 3.33. The van der Waals surface area contributed by atoms with Crippen LogP contribution in [0.3, 0.4) is 0 Å². The number of piperidine rings is 1. The normalized spacial score (nSPS) is 17.2. The van der Waals surface area contributed by atoms with Crippen LogP contribution in [-0.4, -0.2) is 40.2 Å². The first-order valence-electron chi connectivity index (χ1n) is 10.4. The number of aromatic nitrogens is 2. The number of furan rings is 1. The second kappa shape index (κ2) is 8.83. The van der Waals surface area contributed by atoms with Gasteiger partial charge in [-0.3, -0.25) is 9.69 Å². The van der Waals surface area contributed by atoms with Gasteiger partial charge in [-0.05, 0) is 62.6 Å². The molecular weight excluding hydrogens is 383 g/mol. The van der Waals surface area contributed by atoms with E-state index in [1.165, 1.54) is 12.1 Å². The molecule has 1 aliphatic rings. The number of rotatable bonds is 6. The largest absolute Gasteiger partial charge is 0.460 e. The van der Waals surface area contributed by atoms with Gasteiger partial charge in [-0.25, -0.2) is 9.07 Å². The maximum atomic E-state index is 13.7. The lowest BCUT2D eigenvalue weighted by Crippen LogP contribution is -2.40. The van der Waals surface area contributed by atoms with E-state index in [-0.39, 0.29) is 11.7 Å². The molecule has 1 N–H and O–H groups in total. The summed E-state index contributed by atoms with van der Waals surface area (Å²) in [6.07, 6.45) is 4.17. The number of carbonyl (C=O) groups is 1. The predicted molar refractivity (Wildman–Crippen MR) is 113 cm³/mol. The maximum absolute atomic E-state index is 13.7. The van der Waals surface area contributed by atoms with Gasteiger partial charge in [0.2, 0.25) is 5.91 Å². The highest BCUT2D eigenvalue weighted by Crippen LogP contribution is 2.28. The van der Waals surface area contributed by atoms with E-state index in [9.17, 15) is 9.18 Å². The highest BCUT2D eigenvalue weighted by atomic mass is 19.1. The Morgan fingerprint density at radius 3 is 2.93 bits per heavy atom. The minimum atomic E-state index is -0.295. The van der Waals surface area contributed by atoms with Crippen molar-refractivity contribution in [1.82, 2.24) is 20.0 Å². The topological polar surface area (TPSA) is 63.3 Å². The van der Waals surface area contributed by atoms with Gasteiger partial charge in [0.25, 0.3) is 0 Å². The van der Waals surface area contributed by atoms with Crippen molar-refractivity contribution in [2.75, 3.05) is 19.6 Å². The molecule has 158 valence electrons. The van der Waals surface area contributed by atoms with Crippen LogP contribution >= 0.6 is 0 Å². The summed E-state index contributed by atoms with van der Waals surface area (Å²) in [6, 6.07) is 10.3. The van der Waals surface area contributed by atoms with Crippen molar-refractivity contribution in [2.24, 2.45) is 5.92 Å². The molecule has 1 amide bonds. The van der Waals surface area contributed by atoms with E-state index in [0.29, 0.717) is 23.9 Å². The Balaban J connectivity index is 1.59. The Bertz CT molecular complexity index is 1030. The van der Waals surface area contributed by atoms with E-state index in [1.54, 1.807) is 17.7 Å². The first-order valence-corrected chi connectivity index (χ1v) is 10.4. The van der Waals surface area contributed by atoms with Crippen LogP contribution in [0, 0.1) is 18.7 Å². The van der Waals surface area contributed by atoms with E-state index in [0.717, 1.165) is 49.5 Å². The number of nitrogens with zero attached hydrogens (tertiary/aromatic N) is 3. The van der Waals surface area contributed by atoms with Crippen molar-refractivity contribution in [1.29, 1.82) is 0 Å². The number of benzene rings is 1. The van der Waals surface area contributed by atoms with Crippen molar-refractivity contribution in [3.8, 4) is 17.1 Å². The molecule has 0 aliphatic carbocycles. The lowest BCUT2D eigenvalue weighted by molar-refractivity contribution is -0.119. The Labute approximate surface area is 175 Å². The molecule has 0 unspecified atom stereocenters. The Morgan fingerprint density at radius 1 is 1.33 bits per heavy atom. The zero-order valence-corrected chi connectivity index (χ0v) is 17.4. The van der Waals surface area contributed by atoms with Crippen molar-refractivity contribution >= 4 is 5.91 Å². The monoisotopic (exact) mass is 410 g/mol. The van der Waals surface area contributed by atoms with Gasteiger partial charge >= 0.3 is 0 Å². The van der Waals surface area contributed by atoms with Crippen LogP contribution in [0.25, 0.3) is 17.1 Å². The number of amides is 1. The first kappa shape index (κ1) is 20.3. The van der Waals surface area contributed by atoms with Gasteiger partial charge in [0.1, 0.15) is 17.3 Å². The number of likely N-dealkylation sites (tertiary alicyclic amines) is 1. The van der Waals surface area contributed by atoms with E-state index >= 15 is 0 Å². The second-order valence-corrected chi connectivity index (χ2v) is 8.02. The second-order valence-electron chi connectivity index (χ2n) is 8.02. The quantitative estimate of drug-likeness (QED) is 0.669. The minimum Gasteiger partial charge on any atom is -0.460 e. The number of nitrogens with one attached hydrogen (secondary N) is 1. The van der Waals surface area contributed by atoms with Crippen molar-refractivity contribution in [2.45, 2.75) is 33.2 Å². The molecule has 3 heterocycles. The van der Waals surface area contributed by atoms with E-state index in [1.807, 2.05) is 31.3 Å². The smallest absolute Gasteiger partial charge is 0.216 e. The molecule has 0 saturated carbocycles. The molecule has 0 spiro atoms. The predicted octanol–water partition coefficient (Wildman–Crippen LogP) is 3.93. The van der Waals surface area contributed by atoms with Gasteiger partial charge in [-0.2, -0.15) is 5.10 Å². The SMILES string of the molecule is CC(=O)NC[C@@H]1CCCN(Cc2cn(-c3cccc(F)c3)nc2-c2ccc(C)o2)C1. The molecule has 1 fully saturated rings. The zero-order valence-electron chi connectivity index (χ0n) is 17.4. The summed E-state index contributed by atoms with van der Waals surface area (Å²) in [5.74, 6) is 1.69. The van der Waals surface area contributed by atoms with Crippen LogP contribution in [0.15, 0.2) is 47.0 Å². The molecule has 1 atom stereocenters. The van der Waals surface area contributed by atoms with Crippen LogP contribution in [0.4, 0.5) is 4.39 Å². The summed E-state index contributed by atoms with van der Waals surface area (Å²) in [7, 11) is 0. The third-order valence-corrected chi connectivity index (χ3v) is 5.47. The summed E-state index contributed by atoms with van der Waals surface area (Å²) >= 11 is 0. The van der Waals surface area contributed by atoms with E-state index in [2.05, 4.69) is 10.2 Å². The molecule has 7 heteroatoms. The van der Waals surface area contributed by atoms with E-state index < -0.39 is 0 Å². The molecule has 4 rings (SSSR count). The van der Waals surface area contributed by atoms with Crippen LogP contribution in [0.1, 0.15) is 31.1 Å². The molecule has 1 aliphatic heterocycles. The Hall–Kier alpha value is -2.93. The maximum Gasteiger partial charge on any atom is 0.216 e.